The summed E-state index contributed by atoms with van der Waals surface area (Å²) in [6.45, 7) is 7.91. The van der Waals surface area contributed by atoms with Crippen molar-refractivity contribution in [1.29, 1.82) is 0 Å². The largest absolute Gasteiger partial charge is 0.497 e. The normalized spacial score (nSPS) is 18.3. The molecule has 0 bridgehead atoms. The first-order valence-corrected chi connectivity index (χ1v) is 18.5. The van der Waals surface area contributed by atoms with Crippen LogP contribution in [0.1, 0.15) is 54.5 Å². The van der Waals surface area contributed by atoms with Gasteiger partial charge < -0.3 is 23.8 Å². The van der Waals surface area contributed by atoms with Gasteiger partial charge in [0.25, 0.3) is 0 Å². The quantitative estimate of drug-likeness (QED) is 0.159. The minimum atomic E-state index is -0.896. The Morgan fingerprint density at radius 2 is 1.37 bits per heavy atom. The minimum Gasteiger partial charge on any atom is -0.497 e. The van der Waals surface area contributed by atoms with Gasteiger partial charge in [-0.1, -0.05) is 86.7 Å². The van der Waals surface area contributed by atoms with E-state index in [4.69, 9.17) is 18.9 Å². The van der Waals surface area contributed by atoms with E-state index in [9.17, 15) is 0 Å². The van der Waals surface area contributed by atoms with E-state index in [1.165, 1.54) is 33.3 Å². The van der Waals surface area contributed by atoms with Crippen LogP contribution in [0.25, 0.3) is 28.0 Å². The van der Waals surface area contributed by atoms with Crippen LogP contribution < -0.4 is 19.1 Å². The summed E-state index contributed by atoms with van der Waals surface area (Å²) in [5.41, 5.74) is 8.76. The van der Waals surface area contributed by atoms with Gasteiger partial charge in [-0.15, -0.1) is 0 Å². The zero-order valence-corrected chi connectivity index (χ0v) is 30.0. The van der Waals surface area contributed by atoms with E-state index in [0.717, 1.165) is 84.2 Å². The zero-order chi connectivity index (χ0) is 35.3. The number of nitrogens with zero attached hydrogens (tertiary/aromatic N) is 1. The molecule has 5 nitrogen and oxygen atoms in total. The summed E-state index contributed by atoms with van der Waals surface area (Å²) in [4.78, 5) is 2.39. The number of morpholine rings is 1. The standard InChI is InChI=1S/C47H43NO4/c1-4-46(5-2)42-14-10-9-13-39(42)43-38-24-23-37(51-36-11-7-6-8-12-36)31-41(38)45-40(44(43)46)25-26-47(52-45,33-17-21-35(49-3)22-18-33)32-15-19-34(20-16-32)48-27-29-50-30-28-48/h6-26,31H,4-5,27-30H2,1-3H3. The molecular weight excluding hydrogens is 643 g/mol. The summed E-state index contributed by atoms with van der Waals surface area (Å²) in [5, 5.41) is 2.21. The molecule has 1 saturated heterocycles. The van der Waals surface area contributed by atoms with Gasteiger partial charge in [0.2, 0.25) is 0 Å². The molecule has 1 aliphatic carbocycles. The molecular formula is C47H43NO4. The molecule has 2 aliphatic heterocycles. The molecule has 1 fully saturated rings. The van der Waals surface area contributed by atoms with E-state index in [-0.39, 0.29) is 5.41 Å². The van der Waals surface area contributed by atoms with E-state index < -0.39 is 5.60 Å². The summed E-state index contributed by atoms with van der Waals surface area (Å²) in [6, 6.07) is 42.7. The molecule has 0 N–H and O–H groups in total. The Morgan fingerprint density at radius 1 is 0.692 bits per heavy atom. The molecule has 0 amide bonds. The van der Waals surface area contributed by atoms with Crippen LogP contribution in [0.4, 0.5) is 5.69 Å². The highest BCUT2D eigenvalue weighted by atomic mass is 16.5. The number of benzene rings is 6. The third-order valence-corrected chi connectivity index (χ3v) is 11.6. The first kappa shape index (κ1) is 32.4. The molecule has 2 heterocycles. The van der Waals surface area contributed by atoms with Crippen LogP contribution in [0.15, 0.2) is 127 Å². The lowest BCUT2D eigenvalue weighted by molar-refractivity contribution is 0.122. The Labute approximate surface area is 306 Å². The van der Waals surface area contributed by atoms with Crippen LogP contribution in [0.3, 0.4) is 0 Å². The van der Waals surface area contributed by atoms with Crippen molar-refractivity contribution in [1.82, 2.24) is 0 Å². The SMILES string of the molecule is CCC1(CC)c2ccccc2-c2c1c1c(c3cc(Oc4ccccc4)ccc23)OC(c2ccc(OC)cc2)(c2ccc(N3CCOCC3)cc2)C=C1. The number of para-hydroxylation sites is 1. The van der Waals surface area contributed by atoms with E-state index in [0.29, 0.717) is 0 Å². The lowest BCUT2D eigenvalue weighted by Gasteiger charge is -2.39. The molecule has 1 atom stereocenters. The second-order valence-electron chi connectivity index (χ2n) is 14.0. The summed E-state index contributed by atoms with van der Waals surface area (Å²) in [5.74, 6) is 3.25. The third kappa shape index (κ3) is 5.02. The Morgan fingerprint density at radius 3 is 2.08 bits per heavy atom. The fourth-order valence-electron chi connectivity index (χ4n) is 8.88. The Kier molecular flexibility index (Phi) is 8.04. The molecule has 6 aromatic rings. The highest BCUT2D eigenvalue weighted by molar-refractivity contribution is 6.09. The van der Waals surface area contributed by atoms with Crippen LogP contribution in [0.5, 0.6) is 23.0 Å². The summed E-state index contributed by atoms with van der Waals surface area (Å²) in [7, 11) is 1.70. The van der Waals surface area contributed by atoms with Gasteiger partial charge in [-0.25, -0.2) is 0 Å². The van der Waals surface area contributed by atoms with Gasteiger partial charge in [0.1, 0.15) is 23.0 Å². The van der Waals surface area contributed by atoms with Gasteiger partial charge in [-0.2, -0.15) is 0 Å². The molecule has 0 spiro atoms. The molecule has 0 aromatic heterocycles. The number of rotatable bonds is 8. The van der Waals surface area contributed by atoms with Crippen molar-refractivity contribution in [2.45, 2.75) is 37.7 Å². The molecule has 0 saturated carbocycles. The van der Waals surface area contributed by atoms with Crippen molar-refractivity contribution in [3.8, 4) is 34.1 Å². The fourth-order valence-corrected chi connectivity index (χ4v) is 8.88. The maximum Gasteiger partial charge on any atom is 0.178 e. The Hall–Kier alpha value is -5.52. The maximum atomic E-state index is 7.66. The minimum absolute atomic E-state index is 0.142. The molecule has 1 unspecified atom stereocenters. The van der Waals surface area contributed by atoms with Gasteiger partial charge in [0.15, 0.2) is 5.60 Å². The fraction of sp³-hybridized carbons (Fsp3) is 0.234. The average molecular weight is 686 g/mol. The lowest BCUT2D eigenvalue weighted by Crippen LogP contribution is -2.37. The van der Waals surface area contributed by atoms with Crippen molar-refractivity contribution in [2.75, 3.05) is 38.3 Å². The van der Waals surface area contributed by atoms with Crippen molar-refractivity contribution in [3.05, 3.63) is 155 Å². The second kappa shape index (κ2) is 12.9. The molecule has 260 valence electrons. The van der Waals surface area contributed by atoms with E-state index in [1.54, 1.807) is 7.11 Å². The van der Waals surface area contributed by atoms with E-state index in [1.807, 2.05) is 42.5 Å². The average Bonchev–Trinajstić information content (AvgIpc) is 3.52. The Bertz CT molecular complexity index is 2280. The molecule has 5 heteroatoms. The molecule has 52 heavy (non-hydrogen) atoms. The predicted molar refractivity (Wildman–Crippen MR) is 210 cm³/mol. The van der Waals surface area contributed by atoms with Crippen LogP contribution in [0, 0.1) is 0 Å². The third-order valence-electron chi connectivity index (χ3n) is 11.6. The number of ether oxygens (including phenoxy) is 4. The smallest absolute Gasteiger partial charge is 0.178 e. The van der Waals surface area contributed by atoms with Crippen molar-refractivity contribution in [2.24, 2.45) is 0 Å². The van der Waals surface area contributed by atoms with Crippen molar-refractivity contribution in [3.63, 3.8) is 0 Å². The number of fused-ring (bicyclic) bond motifs is 8. The monoisotopic (exact) mass is 685 g/mol. The molecule has 9 rings (SSSR count). The van der Waals surface area contributed by atoms with Crippen LogP contribution in [0.2, 0.25) is 0 Å². The zero-order valence-electron chi connectivity index (χ0n) is 30.0. The summed E-state index contributed by atoms with van der Waals surface area (Å²) < 4.78 is 25.4. The number of anilines is 1. The van der Waals surface area contributed by atoms with Crippen molar-refractivity contribution >= 4 is 22.5 Å². The van der Waals surface area contributed by atoms with Gasteiger partial charge in [0, 0.05) is 46.3 Å². The summed E-state index contributed by atoms with van der Waals surface area (Å²) >= 11 is 0. The maximum absolute atomic E-state index is 7.66. The first-order chi connectivity index (χ1) is 25.6. The van der Waals surface area contributed by atoms with E-state index in [2.05, 4.69) is 110 Å². The molecule has 3 aliphatic rings. The topological polar surface area (TPSA) is 40.2 Å². The first-order valence-electron chi connectivity index (χ1n) is 18.5. The highest BCUT2D eigenvalue weighted by Crippen LogP contribution is 2.60. The number of methoxy groups -OCH3 is 1. The van der Waals surface area contributed by atoms with Crippen LogP contribution in [-0.4, -0.2) is 33.4 Å². The van der Waals surface area contributed by atoms with E-state index >= 15 is 0 Å². The van der Waals surface area contributed by atoms with Crippen LogP contribution >= 0.6 is 0 Å². The summed E-state index contributed by atoms with van der Waals surface area (Å²) in [6.07, 6.45) is 6.59. The number of hydrogen-bond donors (Lipinski definition) is 0. The van der Waals surface area contributed by atoms with Crippen molar-refractivity contribution < 1.29 is 18.9 Å². The molecule has 6 aromatic carbocycles. The second-order valence-corrected chi connectivity index (χ2v) is 14.0. The van der Waals surface area contributed by atoms with Gasteiger partial charge in [-0.05, 0) is 101 Å². The number of hydrogen-bond acceptors (Lipinski definition) is 5. The van der Waals surface area contributed by atoms with Gasteiger partial charge in [-0.3, -0.25) is 0 Å². The highest BCUT2D eigenvalue weighted by Gasteiger charge is 2.46. The predicted octanol–water partition coefficient (Wildman–Crippen LogP) is 10.9. The molecule has 0 radical (unpaired) electrons. The Balaban J connectivity index is 1.29. The van der Waals surface area contributed by atoms with Gasteiger partial charge in [0.05, 0.1) is 20.3 Å². The lowest BCUT2D eigenvalue weighted by atomic mass is 9.71. The van der Waals surface area contributed by atoms with Crippen LogP contribution in [-0.2, 0) is 15.8 Å². The van der Waals surface area contributed by atoms with Gasteiger partial charge >= 0.3 is 0 Å².